The van der Waals surface area contributed by atoms with Gasteiger partial charge in [0.2, 0.25) is 5.91 Å². The third-order valence-corrected chi connectivity index (χ3v) is 4.46. The van der Waals surface area contributed by atoms with Gasteiger partial charge in [0.15, 0.2) is 0 Å². The van der Waals surface area contributed by atoms with Crippen molar-refractivity contribution in [2.45, 2.75) is 46.6 Å². The molecule has 0 spiro atoms. The van der Waals surface area contributed by atoms with E-state index >= 15 is 0 Å². The number of rotatable bonds is 5. The molecular weight excluding hydrogens is 302 g/mol. The number of aryl methyl sites for hydroxylation is 1. The molecule has 1 aromatic carbocycles. The van der Waals surface area contributed by atoms with Crippen molar-refractivity contribution in [1.29, 1.82) is 0 Å². The fourth-order valence-corrected chi connectivity index (χ4v) is 3.00. The van der Waals surface area contributed by atoms with Crippen LogP contribution in [0.2, 0.25) is 0 Å². The summed E-state index contributed by atoms with van der Waals surface area (Å²) in [6.07, 6.45) is 1.45. The number of hydrogen-bond acceptors (Lipinski definition) is 3. The number of nitrogens with one attached hydrogen (secondary N) is 3. The maximum Gasteiger partial charge on any atom is 0.251 e. The summed E-state index contributed by atoms with van der Waals surface area (Å²) in [5, 5.41) is 9.38. The van der Waals surface area contributed by atoms with E-state index in [1.807, 2.05) is 32.9 Å². The molecule has 0 aliphatic carbocycles. The van der Waals surface area contributed by atoms with Gasteiger partial charge in [-0.25, -0.2) is 0 Å². The molecule has 2 unspecified atom stereocenters. The zero-order valence-corrected chi connectivity index (χ0v) is 15.1. The van der Waals surface area contributed by atoms with Gasteiger partial charge in [-0.1, -0.05) is 20.8 Å². The van der Waals surface area contributed by atoms with E-state index in [1.54, 1.807) is 6.07 Å². The van der Waals surface area contributed by atoms with Crippen LogP contribution < -0.4 is 16.0 Å². The molecule has 1 aliphatic heterocycles. The van der Waals surface area contributed by atoms with E-state index in [0.717, 1.165) is 30.8 Å². The smallest absolute Gasteiger partial charge is 0.251 e. The van der Waals surface area contributed by atoms with Crippen molar-refractivity contribution in [3.63, 3.8) is 0 Å². The number of carbonyl (C=O) groups is 2. The molecule has 2 amide bonds. The van der Waals surface area contributed by atoms with Gasteiger partial charge in [-0.05, 0) is 62.0 Å². The molecule has 132 valence electrons. The molecular formula is C19H29N3O2. The minimum Gasteiger partial charge on any atom is -0.349 e. The van der Waals surface area contributed by atoms with Crippen LogP contribution in [-0.4, -0.2) is 30.9 Å². The molecule has 3 N–H and O–H groups in total. The second-order valence-electron chi connectivity index (χ2n) is 7.23. The fraction of sp³-hybridized carbons (Fsp3) is 0.579. The number of benzene rings is 1. The Bertz CT molecular complexity index is 598. The molecule has 1 aromatic rings. The summed E-state index contributed by atoms with van der Waals surface area (Å²) in [6, 6.07) is 5.64. The van der Waals surface area contributed by atoms with Crippen LogP contribution in [-0.2, 0) is 4.79 Å². The Labute approximate surface area is 144 Å². The highest BCUT2D eigenvalue weighted by Crippen LogP contribution is 2.18. The first-order valence-corrected chi connectivity index (χ1v) is 8.79. The summed E-state index contributed by atoms with van der Waals surface area (Å²) in [5.41, 5.74) is 2.31. The normalized spacial score (nSPS) is 20.7. The van der Waals surface area contributed by atoms with E-state index in [0.29, 0.717) is 23.8 Å². The van der Waals surface area contributed by atoms with Crippen molar-refractivity contribution < 1.29 is 9.59 Å². The standard InChI is InChI=1S/C19H29N3O2/c1-12(2)9-18(23)21-16-6-5-15(10-13(16)3)19(24)22-17-7-8-20-11-14(17)4/h5-6,10,12,14,17,20H,7-9,11H2,1-4H3,(H,21,23)(H,22,24). The van der Waals surface area contributed by atoms with Gasteiger partial charge >= 0.3 is 0 Å². The molecule has 2 atom stereocenters. The van der Waals surface area contributed by atoms with Crippen molar-refractivity contribution >= 4 is 17.5 Å². The van der Waals surface area contributed by atoms with Crippen LogP contribution in [0.15, 0.2) is 18.2 Å². The van der Waals surface area contributed by atoms with Crippen molar-refractivity contribution in [2.75, 3.05) is 18.4 Å². The summed E-state index contributed by atoms with van der Waals surface area (Å²) in [6.45, 7) is 9.97. The maximum atomic E-state index is 12.5. The number of anilines is 1. The van der Waals surface area contributed by atoms with Crippen LogP contribution >= 0.6 is 0 Å². The highest BCUT2D eigenvalue weighted by molar-refractivity contribution is 5.96. The van der Waals surface area contributed by atoms with Crippen LogP contribution in [0.3, 0.4) is 0 Å². The lowest BCUT2D eigenvalue weighted by atomic mass is 9.95. The predicted molar refractivity (Wildman–Crippen MR) is 97.2 cm³/mol. The summed E-state index contributed by atoms with van der Waals surface area (Å²) >= 11 is 0. The van der Waals surface area contributed by atoms with E-state index in [-0.39, 0.29) is 17.9 Å². The van der Waals surface area contributed by atoms with Gasteiger partial charge in [-0.3, -0.25) is 9.59 Å². The summed E-state index contributed by atoms with van der Waals surface area (Å²) < 4.78 is 0. The molecule has 5 nitrogen and oxygen atoms in total. The van der Waals surface area contributed by atoms with E-state index in [2.05, 4.69) is 22.9 Å². The molecule has 2 rings (SSSR count). The van der Waals surface area contributed by atoms with Gasteiger partial charge in [-0.15, -0.1) is 0 Å². The number of piperidine rings is 1. The molecule has 24 heavy (non-hydrogen) atoms. The van der Waals surface area contributed by atoms with Gasteiger partial charge in [0.05, 0.1) is 0 Å². The molecule has 0 saturated carbocycles. The Morgan fingerprint density at radius 3 is 2.71 bits per heavy atom. The molecule has 5 heteroatoms. The summed E-state index contributed by atoms with van der Waals surface area (Å²) in [7, 11) is 0. The zero-order valence-electron chi connectivity index (χ0n) is 15.1. The van der Waals surface area contributed by atoms with E-state index in [4.69, 9.17) is 0 Å². The van der Waals surface area contributed by atoms with Crippen LogP contribution in [0.1, 0.15) is 49.5 Å². The quantitative estimate of drug-likeness (QED) is 0.777. The third kappa shape index (κ3) is 5.06. The Kier molecular flexibility index (Phi) is 6.37. The monoisotopic (exact) mass is 331 g/mol. The van der Waals surface area contributed by atoms with Crippen LogP contribution in [0.25, 0.3) is 0 Å². The molecule has 1 aliphatic rings. The summed E-state index contributed by atoms with van der Waals surface area (Å²) in [4.78, 5) is 24.4. The fourth-order valence-electron chi connectivity index (χ4n) is 3.00. The van der Waals surface area contributed by atoms with Crippen LogP contribution in [0.5, 0.6) is 0 Å². The average molecular weight is 331 g/mol. The van der Waals surface area contributed by atoms with Gasteiger partial charge < -0.3 is 16.0 Å². The Hall–Kier alpha value is -1.88. The zero-order chi connectivity index (χ0) is 17.7. The minimum atomic E-state index is -0.0445. The molecule has 0 bridgehead atoms. The van der Waals surface area contributed by atoms with Gasteiger partial charge in [0, 0.05) is 23.7 Å². The average Bonchev–Trinajstić information content (AvgIpc) is 2.50. The van der Waals surface area contributed by atoms with E-state index in [9.17, 15) is 9.59 Å². The molecule has 0 aromatic heterocycles. The molecule has 0 radical (unpaired) electrons. The lowest BCUT2D eigenvalue weighted by Crippen LogP contribution is -2.48. The van der Waals surface area contributed by atoms with Crippen molar-refractivity contribution in [3.05, 3.63) is 29.3 Å². The number of carbonyl (C=O) groups excluding carboxylic acids is 2. The Balaban J connectivity index is 2.00. The first-order chi connectivity index (χ1) is 11.4. The van der Waals surface area contributed by atoms with Gasteiger partial charge in [-0.2, -0.15) is 0 Å². The largest absolute Gasteiger partial charge is 0.349 e. The van der Waals surface area contributed by atoms with Crippen molar-refractivity contribution in [1.82, 2.24) is 10.6 Å². The van der Waals surface area contributed by atoms with Crippen LogP contribution in [0.4, 0.5) is 5.69 Å². The van der Waals surface area contributed by atoms with E-state index < -0.39 is 0 Å². The topological polar surface area (TPSA) is 70.2 Å². The first kappa shape index (κ1) is 18.5. The minimum absolute atomic E-state index is 0.00818. The van der Waals surface area contributed by atoms with Crippen LogP contribution in [0, 0.1) is 18.8 Å². The van der Waals surface area contributed by atoms with Crippen molar-refractivity contribution in [3.8, 4) is 0 Å². The lowest BCUT2D eigenvalue weighted by molar-refractivity contribution is -0.116. The SMILES string of the molecule is Cc1cc(C(=O)NC2CCNCC2C)ccc1NC(=O)CC(C)C. The molecule has 1 heterocycles. The summed E-state index contributed by atoms with van der Waals surface area (Å²) in [5.74, 6) is 0.714. The number of hydrogen-bond donors (Lipinski definition) is 3. The second kappa shape index (κ2) is 8.29. The highest BCUT2D eigenvalue weighted by atomic mass is 16.2. The first-order valence-electron chi connectivity index (χ1n) is 8.79. The highest BCUT2D eigenvalue weighted by Gasteiger charge is 2.23. The Morgan fingerprint density at radius 1 is 1.33 bits per heavy atom. The molecule has 1 saturated heterocycles. The maximum absolute atomic E-state index is 12.5. The lowest BCUT2D eigenvalue weighted by Gasteiger charge is -2.30. The van der Waals surface area contributed by atoms with Gasteiger partial charge in [0.1, 0.15) is 0 Å². The Morgan fingerprint density at radius 2 is 2.08 bits per heavy atom. The number of amides is 2. The second-order valence-corrected chi connectivity index (χ2v) is 7.23. The van der Waals surface area contributed by atoms with Crippen molar-refractivity contribution in [2.24, 2.45) is 11.8 Å². The van der Waals surface area contributed by atoms with Gasteiger partial charge in [0.25, 0.3) is 5.91 Å². The predicted octanol–water partition coefficient (Wildman–Crippen LogP) is 2.71. The molecule has 1 fully saturated rings. The van der Waals surface area contributed by atoms with E-state index in [1.165, 1.54) is 0 Å². The third-order valence-electron chi connectivity index (χ3n) is 4.46.